The van der Waals surface area contributed by atoms with Gasteiger partial charge in [0.1, 0.15) is 5.02 Å². The lowest BCUT2D eigenvalue weighted by molar-refractivity contribution is -0.516. The molecule has 0 amide bonds. The van der Waals surface area contributed by atoms with Crippen LogP contribution in [0.25, 0.3) is 0 Å². The van der Waals surface area contributed by atoms with E-state index in [0.29, 0.717) is 10.2 Å². The summed E-state index contributed by atoms with van der Waals surface area (Å²) in [7, 11) is 0. The Morgan fingerprint density at radius 3 is 2.44 bits per heavy atom. The van der Waals surface area contributed by atoms with E-state index in [-0.39, 0.29) is 0 Å². The van der Waals surface area contributed by atoms with Crippen LogP contribution in [0.1, 0.15) is 0 Å². The summed E-state index contributed by atoms with van der Waals surface area (Å²) in [6.07, 6.45) is 1.61. The Hall–Kier alpha value is 0.0200. The number of hydrogen-bond acceptors (Lipinski definition) is 0. The van der Waals surface area contributed by atoms with E-state index in [1.165, 1.54) is 4.09 Å². The molecule has 1 aromatic heterocycles. The largest absolute Gasteiger partial charge is 0.314 e. The minimum Gasteiger partial charge on any atom is -0.0758 e. The minimum atomic E-state index is 0.334. The van der Waals surface area contributed by atoms with Crippen molar-refractivity contribution in [1.82, 2.24) is 0 Å². The van der Waals surface area contributed by atoms with Crippen molar-refractivity contribution in [3.8, 4) is 0 Å². The van der Waals surface area contributed by atoms with Gasteiger partial charge in [-0.1, -0.05) is 15.7 Å². The van der Waals surface area contributed by atoms with Crippen LogP contribution < -0.4 is 4.09 Å². The molecule has 0 N–H and O–H groups in total. The normalized spacial score (nSPS) is 9.67. The smallest absolute Gasteiger partial charge is 0.0758 e. The fourth-order valence-corrected chi connectivity index (χ4v) is 0.922. The summed E-state index contributed by atoms with van der Waals surface area (Å²) in [5, 5.41) is 0.787. The van der Waals surface area contributed by atoms with Crippen LogP contribution in [0.4, 0.5) is 0 Å². The number of aromatic nitrogens is 1. The molecule has 0 saturated carbocycles. The van der Waals surface area contributed by atoms with E-state index in [0.717, 1.165) is 0 Å². The number of nitrogens with zero attached hydrogens (tertiary/aromatic N) is 1. The van der Waals surface area contributed by atoms with Gasteiger partial charge in [-0.25, -0.2) is 0 Å². The summed E-state index contributed by atoms with van der Waals surface area (Å²) >= 11 is 16.7. The van der Waals surface area contributed by atoms with E-state index in [1.807, 2.05) is 0 Å². The molecule has 0 aliphatic rings. The number of rotatable bonds is 0. The van der Waals surface area contributed by atoms with E-state index in [9.17, 15) is 0 Å². The molecule has 9 heavy (non-hydrogen) atoms. The molecule has 1 nitrogen and oxygen atoms in total. The fraction of sp³-hybridized carbons (Fsp3) is 0. The zero-order valence-electron chi connectivity index (χ0n) is 4.31. The topological polar surface area (TPSA) is 3.88 Å². The maximum absolute atomic E-state index is 5.58. The summed E-state index contributed by atoms with van der Waals surface area (Å²) in [6, 6.07) is 3.38. The first kappa shape index (κ1) is 7.13. The molecule has 4 heteroatoms. The Kier molecular flexibility index (Phi) is 2.17. The highest BCUT2D eigenvalue weighted by Gasteiger charge is 2.08. The molecule has 0 aliphatic heterocycles. The van der Waals surface area contributed by atoms with Crippen molar-refractivity contribution in [2.75, 3.05) is 0 Å². The lowest BCUT2D eigenvalue weighted by Gasteiger charge is -1.85. The number of halogens is 3. The predicted molar refractivity (Wildman–Crippen MR) is 37.9 cm³/mol. The monoisotopic (exact) mass is 182 g/mol. The quantitative estimate of drug-likeness (QED) is 0.543. The van der Waals surface area contributed by atoms with Crippen molar-refractivity contribution in [3.05, 3.63) is 28.5 Å². The number of hydrogen-bond donors (Lipinski definition) is 0. The van der Waals surface area contributed by atoms with Gasteiger partial charge in [0.05, 0.1) is 0 Å². The van der Waals surface area contributed by atoms with Crippen LogP contribution >= 0.6 is 35.0 Å². The van der Waals surface area contributed by atoms with Crippen LogP contribution in [-0.4, -0.2) is 0 Å². The van der Waals surface area contributed by atoms with Crippen molar-refractivity contribution < 1.29 is 4.09 Å². The highest BCUT2D eigenvalue weighted by atomic mass is 35.5. The molecule has 0 atom stereocenters. The van der Waals surface area contributed by atoms with E-state index >= 15 is 0 Å². The van der Waals surface area contributed by atoms with Crippen LogP contribution in [0.15, 0.2) is 18.3 Å². The Balaban J connectivity index is 3.25. The van der Waals surface area contributed by atoms with Gasteiger partial charge in [-0.2, -0.15) is 0 Å². The van der Waals surface area contributed by atoms with Gasteiger partial charge in [-0.05, 0) is 17.7 Å². The fourth-order valence-electron chi connectivity index (χ4n) is 0.439. The second kappa shape index (κ2) is 2.74. The first-order valence-electron chi connectivity index (χ1n) is 2.23. The van der Waals surface area contributed by atoms with Gasteiger partial charge < -0.3 is 0 Å². The molecule has 1 rings (SSSR count). The van der Waals surface area contributed by atoms with Crippen molar-refractivity contribution >= 4 is 35.0 Å². The molecular formula is C5H3Cl3N+. The Bertz CT molecular complexity index is 203. The van der Waals surface area contributed by atoms with Crippen LogP contribution in [0.2, 0.25) is 10.2 Å². The third-order valence-corrected chi connectivity index (χ3v) is 2.00. The second-order valence-corrected chi connectivity index (χ2v) is 2.59. The number of pyridine rings is 1. The molecule has 0 saturated heterocycles. The molecule has 1 aromatic rings. The van der Waals surface area contributed by atoms with E-state index in [1.54, 1.807) is 18.3 Å². The standard InChI is InChI=1S/C5H3Cl3N/c6-4-2-1-3-9(8)5(4)7/h1-3H/q+1. The van der Waals surface area contributed by atoms with Gasteiger partial charge in [0.2, 0.25) is 0 Å². The molecule has 0 radical (unpaired) electrons. The van der Waals surface area contributed by atoms with E-state index in [2.05, 4.69) is 0 Å². The van der Waals surface area contributed by atoms with Gasteiger partial charge in [0, 0.05) is 6.07 Å². The maximum atomic E-state index is 5.58. The highest BCUT2D eigenvalue weighted by Crippen LogP contribution is 2.15. The molecule has 0 fully saturated rings. The lowest BCUT2D eigenvalue weighted by Crippen LogP contribution is -2.20. The van der Waals surface area contributed by atoms with Crippen molar-refractivity contribution in [1.29, 1.82) is 0 Å². The van der Waals surface area contributed by atoms with Gasteiger partial charge in [-0.15, -0.1) is 0 Å². The minimum absolute atomic E-state index is 0.334. The summed E-state index contributed by atoms with van der Waals surface area (Å²) < 4.78 is 1.23. The predicted octanol–water partition coefficient (Wildman–Crippen LogP) is 2.28. The van der Waals surface area contributed by atoms with Gasteiger partial charge >= 0.3 is 5.15 Å². The zero-order chi connectivity index (χ0) is 6.85. The average molecular weight is 183 g/mol. The maximum Gasteiger partial charge on any atom is 0.314 e. The van der Waals surface area contributed by atoms with Crippen molar-refractivity contribution in [3.63, 3.8) is 0 Å². The van der Waals surface area contributed by atoms with Gasteiger partial charge in [0.15, 0.2) is 6.20 Å². The molecule has 0 unspecified atom stereocenters. The Labute approximate surface area is 67.9 Å². The molecule has 0 aromatic carbocycles. The molecule has 48 valence electrons. The van der Waals surface area contributed by atoms with Gasteiger partial charge in [0.25, 0.3) is 11.8 Å². The third-order valence-electron chi connectivity index (χ3n) is 0.844. The van der Waals surface area contributed by atoms with E-state index in [4.69, 9.17) is 35.0 Å². The van der Waals surface area contributed by atoms with Gasteiger partial charge in [-0.3, -0.25) is 0 Å². The summed E-state index contributed by atoms with van der Waals surface area (Å²) in [6.45, 7) is 0. The molecule has 1 heterocycles. The summed E-state index contributed by atoms with van der Waals surface area (Å²) in [5.74, 6) is 0. The highest BCUT2D eigenvalue weighted by molar-refractivity contribution is 6.40. The second-order valence-electron chi connectivity index (χ2n) is 1.46. The van der Waals surface area contributed by atoms with Crippen LogP contribution in [0.5, 0.6) is 0 Å². The van der Waals surface area contributed by atoms with E-state index < -0.39 is 0 Å². The Morgan fingerprint density at radius 1 is 1.33 bits per heavy atom. The van der Waals surface area contributed by atoms with Crippen LogP contribution in [0.3, 0.4) is 0 Å². The summed E-state index contributed by atoms with van der Waals surface area (Å²) in [4.78, 5) is 0. The Morgan fingerprint density at radius 2 is 2.00 bits per heavy atom. The van der Waals surface area contributed by atoms with Crippen molar-refractivity contribution in [2.45, 2.75) is 0 Å². The SMILES string of the molecule is Clc1ccc[n+](Cl)c1Cl. The molecule has 0 spiro atoms. The molecular weight excluding hydrogens is 180 g/mol. The van der Waals surface area contributed by atoms with Crippen LogP contribution in [0, 0.1) is 0 Å². The lowest BCUT2D eigenvalue weighted by atomic mass is 10.5. The summed E-state index contributed by atoms with van der Waals surface area (Å²) in [5.41, 5.74) is 0. The zero-order valence-corrected chi connectivity index (χ0v) is 6.58. The van der Waals surface area contributed by atoms with Crippen molar-refractivity contribution in [2.24, 2.45) is 0 Å². The molecule has 0 aliphatic carbocycles. The third kappa shape index (κ3) is 1.48. The first-order valence-corrected chi connectivity index (χ1v) is 3.33. The van der Waals surface area contributed by atoms with Crippen LogP contribution in [-0.2, 0) is 0 Å². The first-order chi connectivity index (χ1) is 4.22. The molecule has 0 bridgehead atoms. The average Bonchev–Trinajstić information content (AvgIpc) is 1.83.